The summed E-state index contributed by atoms with van der Waals surface area (Å²) in [6, 6.07) is 0.295. The predicted molar refractivity (Wildman–Crippen MR) is 117 cm³/mol. The van der Waals surface area contributed by atoms with Crippen molar-refractivity contribution in [1.82, 2.24) is 23.8 Å². The number of nitrogens with zero attached hydrogens (tertiary/aromatic N) is 5. The average Bonchev–Trinajstić information content (AvgIpc) is 3.26. The van der Waals surface area contributed by atoms with Crippen LogP contribution in [-0.2, 0) is 0 Å². The number of thioether (sulfide) groups is 2. The number of rotatable bonds is 9. The Labute approximate surface area is 178 Å². The maximum absolute atomic E-state index is 4.59. The zero-order chi connectivity index (χ0) is 17.5. The van der Waals surface area contributed by atoms with Crippen molar-refractivity contribution in [3.63, 3.8) is 0 Å². The molecule has 3 rings (SSSR count). The quantitative estimate of drug-likeness (QED) is 0.113. The number of hydrogen-bond acceptors (Lipinski definition) is 9. The highest BCUT2D eigenvalue weighted by atomic mass is 127. The van der Waals surface area contributed by atoms with Gasteiger partial charge in [-0.3, -0.25) is 4.90 Å². The van der Waals surface area contributed by atoms with Crippen LogP contribution in [0.5, 0.6) is 0 Å². The van der Waals surface area contributed by atoms with E-state index in [0.717, 1.165) is 49.1 Å². The maximum atomic E-state index is 4.59. The summed E-state index contributed by atoms with van der Waals surface area (Å²) >= 11 is 9.11. The molecule has 0 saturated heterocycles. The molecule has 2 aromatic rings. The smallest absolute Gasteiger partial charge is 0.174 e. The summed E-state index contributed by atoms with van der Waals surface area (Å²) in [5.74, 6) is 2.19. The van der Waals surface area contributed by atoms with E-state index >= 15 is 0 Å². The van der Waals surface area contributed by atoms with Crippen molar-refractivity contribution in [2.24, 2.45) is 0 Å². The van der Waals surface area contributed by atoms with Gasteiger partial charge in [0.05, 0.1) is 22.3 Å². The van der Waals surface area contributed by atoms with Crippen LogP contribution in [-0.4, -0.2) is 46.4 Å². The molecule has 0 saturated carbocycles. The molecule has 5 nitrogen and oxygen atoms in total. The maximum Gasteiger partial charge on any atom is 0.174 e. The van der Waals surface area contributed by atoms with E-state index in [9.17, 15) is 0 Å². The number of alkyl halides is 1. The Hall–Kier alpha value is 0.250. The Kier molecular flexibility index (Phi) is 8.44. The fourth-order valence-electron chi connectivity index (χ4n) is 2.46. The minimum Gasteiger partial charge on any atom is -0.282 e. The number of aryl methyl sites for hydroxylation is 1. The first-order valence-corrected chi connectivity index (χ1v) is 13.2. The average molecular weight is 526 g/mol. The minimum atomic E-state index is 0.295. The molecule has 3 heterocycles. The fourth-order valence-corrected chi connectivity index (χ4v) is 6.83. The normalized spacial score (nSPS) is 18.1. The second kappa shape index (κ2) is 10.5. The van der Waals surface area contributed by atoms with Crippen molar-refractivity contribution in [3.05, 3.63) is 22.9 Å². The molecule has 136 valence electrons. The molecule has 1 aliphatic rings. The fraction of sp³-hybridized carbons (Fsp3) is 0.600. The SMILES string of the molecule is Cc1nnc(SCCCCSc2nsnc2C2C=CCCN2CI)s1. The Bertz CT molecular complexity index is 689. The Morgan fingerprint density at radius 3 is 2.84 bits per heavy atom. The van der Waals surface area contributed by atoms with E-state index in [2.05, 4.69) is 58.6 Å². The van der Waals surface area contributed by atoms with Crippen LogP contribution in [0.3, 0.4) is 0 Å². The van der Waals surface area contributed by atoms with Gasteiger partial charge in [-0.25, -0.2) is 0 Å². The Balaban J connectivity index is 1.42. The summed E-state index contributed by atoms with van der Waals surface area (Å²) in [4.78, 5) is 2.46. The molecule has 0 amide bonds. The monoisotopic (exact) mass is 525 g/mol. The number of hydrogen-bond donors (Lipinski definition) is 0. The van der Waals surface area contributed by atoms with Crippen LogP contribution in [0.15, 0.2) is 21.5 Å². The van der Waals surface area contributed by atoms with Crippen LogP contribution in [0.1, 0.15) is 36.0 Å². The summed E-state index contributed by atoms with van der Waals surface area (Å²) in [6.45, 7) is 3.10. The summed E-state index contributed by atoms with van der Waals surface area (Å²) in [7, 11) is 0. The molecule has 10 heteroatoms. The molecule has 0 fully saturated rings. The molecule has 2 aromatic heterocycles. The lowest BCUT2D eigenvalue weighted by Gasteiger charge is -2.29. The van der Waals surface area contributed by atoms with Gasteiger partial charge in [0.1, 0.15) is 15.7 Å². The third kappa shape index (κ3) is 5.86. The van der Waals surface area contributed by atoms with Crippen LogP contribution in [0, 0.1) is 6.92 Å². The highest BCUT2D eigenvalue weighted by Gasteiger charge is 2.25. The van der Waals surface area contributed by atoms with Gasteiger partial charge in [0.25, 0.3) is 0 Å². The van der Waals surface area contributed by atoms with Gasteiger partial charge in [0, 0.05) is 12.3 Å². The van der Waals surface area contributed by atoms with Crippen molar-refractivity contribution in [1.29, 1.82) is 0 Å². The lowest BCUT2D eigenvalue weighted by molar-refractivity contribution is 0.267. The molecule has 0 aliphatic carbocycles. The molecule has 0 radical (unpaired) electrons. The van der Waals surface area contributed by atoms with Crippen LogP contribution >= 0.6 is 69.2 Å². The molecule has 25 heavy (non-hydrogen) atoms. The number of aromatic nitrogens is 4. The third-order valence-electron chi connectivity index (χ3n) is 3.72. The number of halogens is 1. The van der Waals surface area contributed by atoms with Crippen LogP contribution < -0.4 is 0 Å². The van der Waals surface area contributed by atoms with Crippen LogP contribution in [0.2, 0.25) is 0 Å². The first-order valence-electron chi connectivity index (χ1n) is 8.12. The van der Waals surface area contributed by atoms with Gasteiger partial charge in [-0.2, -0.15) is 8.75 Å². The van der Waals surface area contributed by atoms with Gasteiger partial charge >= 0.3 is 0 Å². The topological polar surface area (TPSA) is 54.8 Å². The van der Waals surface area contributed by atoms with Crippen molar-refractivity contribution in [2.45, 2.75) is 41.6 Å². The standard InChI is InChI=1S/C15H20IN5S4/c1-11-17-18-15(24-11)23-9-5-4-8-22-14-13(19-25-20-14)12-6-2-3-7-21(12)10-16/h2,6,12H,3-5,7-10H2,1H3. The van der Waals surface area contributed by atoms with Gasteiger partial charge < -0.3 is 0 Å². The van der Waals surface area contributed by atoms with Crippen molar-refractivity contribution < 1.29 is 0 Å². The summed E-state index contributed by atoms with van der Waals surface area (Å²) in [6.07, 6.45) is 8.05. The lowest BCUT2D eigenvalue weighted by atomic mass is 10.1. The predicted octanol–water partition coefficient (Wildman–Crippen LogP) is 5.06. The van der Waals surface area contributed by atoms with E-state index in [0.29, 0.717) is 6.04 Å². The van der Waals surface area contributed by atoms with E-state index < -0.39 is 0 Å². The molecule has 0 N–H and O–H groups in total. The van der Waals surface area contributed by atoms with Gasteiger partial charge in [0.15, 0.2) is 4.34 Å². The molecular formula is C15H20IN5S4. The first kappa shape index (κ1) is 20.0. The van der Waals surface area contributed by atoms with E-state index in [4.69, 9.17) is 0 Å². The minimum absolute atomic E-state index is 0.295. The molecule has 1 unspecified atom stereocenters. The summed E-state index contributed by atoms with van der Waals surface area (Å²) in [5.41, 5.74) is 1.14. The van der Waals surface area contributed by atoms with Crippen molar-refractivity contribution in [3.8, 4) is 0 Å². The molecule has 0 bridgehead atoms. The van der Waals surface area contributed by atoms with E-state index in [1.54, 1.807) is 11.3 Å². The first-order chi connectivity index (χ1) is 12.3. The zero-order valence-electron chi connectivity index (χ0n) is 13.9. The summed E-state index contributed by atoms with van der Waals surface area (Å²) < 4.78 is 11.2. The third-order valence-corrected chi connectivity index (χ3v) is 8.38. The Morgan fingerprint density at radius 1 is 1.24 bits per heavy atom. The van der Waals surface area contributed by atoms with E-state index in [-0.39, 0.29) is 0 Å². The van der Waals surface area contributed by atoms with Crippen LogP contribution in [0.4, 0.5) is 0 Å². The summed E-state index contributed by atoms with van der Waals surface area (Å²) in [5, 5.41) is 10.4. The molecule has 1 atom stereocenters. The highest BCUT2D eigenvalue weighted by molar-refractivity contribution is 14.1. The Morgan fingerprint density at radius 2 is 2.08 bits per heavy atom. The van der Waals surface area contributed by atoms with Gasteiger partial charge in [-0.15, -0.1) is 22.0 Å². The molecule has 0 spiro atoms. The molecule has 0 aromatic carbocycles. The van der Waals surface area contributed by atoms with Gasteiger partial charge in [-0.05, 0) is 31.9 Å². The molecular weight excluding hydrogens is 505 g/mol. The second-order valence-corrected chi connectivity index (χ2v) is 10.4. The molecule has 1 aliphatic heterocycles. The van der Waals surface area contributed by atoms with Gasteiger partial charge in [0.2, 0.25) is 0 Å². The highest BCUT2D eigenvalue weighted by Crippen LogP contribution is 2.33. The lowest BCUT2D eigenvalue weighted by Crippen LogP contribution is -2.30. The largest absolute Gasteiger partial charge is 0.282 e. The van der Waals surface area contributed by atoms with Crippen molar-refractivity contribution in [2.75, 3.05) is 22.6 Å². The van der Waals surface area contributed by atoms with E-state index in [1.165, 1.54) is 24.6 Å². The second-order valence-electron chi connectivity index (χ2n) is 5.54. The van der Waals surface area contributed by atoms with Crippen LogP contribution in [0.25, 0.3) is 0 Å². The van der Waals surface area contributed by atoms with E-state index in [1.807, 2.05) is 30.4 Å². The van der Waals surface area contributed by atoms with Gasteiger partial charge in [-0.1, -0.05) is 57.8 Å². The zero-order valence-corrected chi connectivity index (χ0v) is 19.4. The number of unbranched alkanes of at least 4 members (excludes halogenated alkanes) is 1. The van der Waals surface area contributed by atoms with Crippen molar-refractivity contribution >= 4 is 69.2 Å².